The van der Waals surface area contributed by atoms with Crippen molar-refractivity contribution in [2.75, 3.05) is 13.2 Å². The van der Waals surface area contributed by atoms with E-state index in [0.717, 1.165) is 25.7 Å². The van der Waals surface area contributed by atoms with E-state index in [9.17, 15) is 9.59 Å². The quantitative estimate of drug-likeness (QED) is 0.150. The molecule has 0 unspecified atom stereocenters. The smallest absolute Gasteiger partial charge is 0.338 e. The maximum Gasteiger partial charge on any atom is 0.338 e. The van der Waals surface area contributed by atoms with Crippen LogP contribution in [0.4, 0.5) is 0 Å². The summed E-state index contributed by atoms with van der Waals surface area (Å²) in [5.74, 6) is -2.11. The highest BCUT2D eigenvalue weighted by Gasteiger charge is 2.54. The fraction of sp³-hybridized carbons (Fsp3) is 0.733. The summed E-state index contributed by atoms with van der Waals surface area (Å²) in [6.45, 7) is 6.16. The van der Waals surface area contributed by atoms with Gasteiger partial charge in [0.25, 0.3) is 0 Å². The van der Waals surface area contributed by atoms with E-state index in [0.29, 0.717) is 12.8 Å². The van der Waals surface area contributed by atoms with Gasteiger partial charge in [-0.3, -0.25) is 0 Å². The maximum atomic E-state index is 12.7. The zero-order valence-corrected chi connectivity index (χ0v) is 22.8. The van der Waals surface area contributed by atoms with Crippen LogP contribution in [0.2, 0.25) is 0 Å². The van der Waals surface area contributed by atoms with Gasteiger partial charge >= 0.3 is 11.9 Å². The van der Waals surface area contributed by atoms with Gasteiger partial charge in [-0.05, 0) is 38.7 Å². The Morgan fingerprint density at radius 3 is 1.67 bits per heavy atom. The first-order valence-corrected chi connectivity index (χ1v) is 14.3. The molecular weight excluding hydrogens is 456 g/mol. The number of hydrogen-bond donors (Lipinski definition) is 0. The SMILES string of the molecule is CCCCCCCCCCCCC1(CCCc2ccccc2)O[C@@H](C(=O)OCC)[C@H](C(=O)OCC)O1. The van der Waals surface area contributed by atoms with E-state index in [1.807, 2.05) is 18.2 Å². The number of hydrogen-bond acceptors (Lipinski definition) is 6. The fourth-order valence-electron chi connectivity index (χ4n) is 4.86. The lowest BCUT2D eigenvalue weighted by molar-refractivity contribution is -0.197. The van der Waals surface area contributed by atoms with E-state index in [-0.39, 0.29) is 13.2 Å². The van der Waals surface area contributed by atoms with Gasteiger partial charge in [0.1, 0.15) is 0 Å². The average molecular weight is 505 g/mol. The molecule has 204 valence electrons. The van der Waals surface area contributed by atoms with Crippen molar-refractivity contribution in [2.45, 2.75) is 129 Å². The Bertz CT molecular complexity index is 708. The van der Waals surface area contributed by atoms with E-state index in [2.05, 4.69) is 19.1 Å². The molecule has 1 aliphatic rings. The molecule has 6 nitrogen and oxygen atoms in total. The van der Waals surface area contributed by atoms with Crippen molar-refractivity contribution in [1.82, 2.24) is 0 Å². The summed E-state index contributed by atoms with van der Waals surface area (Å²) in [5, 5.41) is 0. The van der Waals surface area contributed by atoms with E-state index in [4.69, 9.17) is 18.9 Å². The number of carbonyl (C=O) groups is 2. The molecule has 0 amide bonds. The maximum absolute atomic E-state index is 12.7. The number of unbranched alkanes of at least 4 members (excludes halogenated alkanes) is 9. The van der Waals surface area contributed by atoms with E-state index >= 15 is 0 Å². The Labute approximate surface area is 218 Å². The Morgan fingerprint density at radius 1 is 0.694 bits per heavy atom. The van der Waals surface area contributed by atoms with Crippen LogP contribution < -0.4 is 0 Å². The molecule has 0 aliphatic carbocycles. The van der Waals surface area contributed by atoms with Crippen molar-refractivity contribution in [3.05, 3.63) is 35.9 Å². The molecular formula is C30H48O6. The molecule has 1 fully saturated rings. The van der Waals surface area contributed by atoms with Gasteiger partial charge < -0.3 is 18.9 Å². The van der Waals surface area contributed by atoms with Gasteiger partial charge in [-0.25, -0.2) is 9.59 Å². The van der Waals surface area contributed by atoms with Crippen LogP contribution in [0, 0.1) is 0 Å². The zero-order chi connectivity index (χ0) is 26.1. The van der Waals surface area contributed by atoms with Crippen LogP contribution in [0.1, 0.15) is 110 Å². The molecule has 2 rings (SSSR count). The number of ether oxygens (including phenoxy) is 4. The summed E-state index contributed by atoms with van der Waals surface area (Å²) in [6, 6.07) is 10.3. The first-order chi connectivity index (χ1) is 17.5. The molecule has 36 heavy (non-hydrogen) atoms. The summed E-state index contributed by atoms with van der Waals surface area (Å²) in [4.78, 5) is 25.3. The summed E-state index contributed by atoms with van der Waals surface area (Å²) in [6.07, 6.45) is 13.1. The zero-order valence-electron chi connectivity index (χ0n) is 22.8. The molecule has 1 aliphatic heterocycles. The summed E-state index contributed by atoms with van der Waals surface area (Å²) in [5.41, 5.74) is 1.24. The summed E-state index contributed by atoms with van der Waals surface area (Å²) >= 11 is 0. The molecule has 2 atom stereocenters. The Hall–Kier alpha value is -1.92. The molecule has 0 N–H and O–H groups in total. The highest BCUT2D eigenvalue weighted by atomic mass is 16.8. The van der Waals surface area contributed by atoms with E-state index in [1.54, 1.807) is 13.8 Å². The van der Waals surface area contributed by atoms with Crippen molar-refractivity contribution < 1.29 is 28.5 Å². The van der Waals surface area contributed by atoms with Gasteiger partial charge in [-0.15, -0.1) is 0 Å². The third-order valence-electron chi connectivity index (χ3n) is 6.77. The van der Waals surface area contributed by atoms with Gasteiger partial charge in [0.05, 0.1) is 13.2 Å². The highest BCUT2D eigenvalue weighted by molar-refractivity contribution is 5.86. The lowest BCUT2D eigenvalue weighted by Crippen LogP contribution is -2.39. The minimum Gasteiger partial charge on any atom is -0.464 e. The summed E-state index contributed by atoms with van der Waals surface area (Å²) in [7, 11) is 0. The van der Waals surface area contributed by atoms with Gasteiger partial charge in [-0.1, -0.05) is 95.0 Å². The average Bonchev–Trinajstić information content (AvgIpc) is 3.26. The van der Waals surface area contributed by atoms with Gasteiger partial charge in [-0.2, -0.15) is 0 Å². The molecule has 0 radical (unpaired) electrons. The minimum atomic E-state index is -1.09. The topological polar surface area (TPSA) is 71.1 Å². The fourth-order valence-corrected chi connectivity index (χ4v) is 4.86. The molecule has 6 heteroatoms. The number of benzene rings is 1. The number of rotatable bonds is 19. The summed E-state index contributed by atoms with van der Waals surface area (Å²) < 4.78 is 22.9. The molecule has 1 aromatic rings. The predicted octanol–water partition coefficient (Wildman–Crippen LogP) is 6.93. The molecule has 1 saturated heterocycles. The number of carbonyl (C=O) groups excluding carboxylic acids is 2. The van der Waals surface area contributed by atoms with Crippen molar-refractivity contribution in [1.29, 1.82) is 0 Å². The number of esters is 2. The van der Waals surface area contributed by atoms with Crippen LogP contribution in [-0.2, 0) is 35.0 Å². The second-order valence-corrected chi connectivity index (χ2v) is 9.76. The monoisotopic (exact) mass is 504 g/mol. The van der Waals surface area contributed by atoms with Crippen molar-refractivity contribution in [3.63, 3.8) is 0 Å². The standard InChI is InChI=1S/C30H48O6/c1-4-7-8-9-10-11-12-13-14-18-23-30(24-19-22-25-20-16-15-17-21-25)35-26(28(31)33-5-2)27(36-30)29(32)34-6-3/h15-17,20-21,26-27H,4-14,18-19,22-24H2,1-3H3/t26-,27-/m1/s1. The first kappa shape index (κ1) is 30.3. The van der Waals surface area contributed by atoms with Crippen molar-refractivity contribution >= 4 is 11.9 Å². The van der Waals surface area contributed by atoms with Gasteiger partial charge in [0, 0.05) is 12.8 Å². The van der Waals surface area contributed by atoms with Gasteiger partial charge in [0.15, 0.2) is 18.0 Å². The second kappa shape index (κ2) is 17.5. The third kappa shape index (κ3) is 10.6. The lowest BCUT2D eigenvalue weighted by Gasteiger charge is -2.28. The molecule has 0 saturated carbocycles. The van der Waals surface area contributed by atoms with E-state index < -0.39 is 29.9 Å². The van der Waals surface area contributed by atoms with Crippen LogP contribution in [-0.4, -0.2) is 43.1 Å². The molecule has 0 spiro atoms. The Balaban J connectivity index is 1.96. The van der Waals surface area contributed by atoms with Crippen molar-refractivity contribution in [2.24, 2.45) is 0 Å². The molecule has 0 aromatic heterocycles. The van der Waals surface area contributed by atoms with Crippen LogP contribution in [0.15, 0.2) is 30.3 Å². The second-order valence-electron chi connectivity index (χ2n) is 9.76. The number of aryl methyl sites for hydroxylation is 1. The molecule has 1 aromatic carbocycles. The Kier molecular flexibility index (Phi) is 14.7. The highest BCUT2D eigenvalue weighted by Crippen LogP contribution is 2.38. The lowest BCUT2D eigenvalue weighted by atomic mass is 9.98. The normalized spacial score (nSPS) is 18.8. The van der Waals surface area contributed by atoms with Crippen molar-refractivity contribution in [3.8, 4) is 0 Å². The third-order valence-corrected chi connectivity index (χ3v) is 6.77. The predicted molar refractivity (Wildman–Crippen MR) is 142 cm³/mol. The largest absolute Gasteiger partial charge is 0.464 e. The molecule has 0 bridgehead atoms. The first-order valence-electron chi connectivity index (χ1n) is 14.3. The van der Waals surface area contributed by atoms with Crippen LogP contribution in [0.5, 0.6) is 0 Å². The van der Waals surface area contributed by atoms with Crippen LogP contribution >= 0.6 is 0 Å². The van der Waals surface area contributed by atoms with Crippen LogP contribution in [0.3, 0.4) is 0 Å². The minimum absolute atomic E-state index is 0.216. The van der Waals surface area contributed by atoms with Gasteiger partial charge in [0.2, 0.25) is 0 Å². The molecule has 1 heterocycles. The van der Waals surface area contributed by atoms with Crippen LogP contribution in [0.25, 0.3) is 0 Å². The Morgan fingerprint density at radius 2 is 1.17 bits per heavy atom. The van der Waals surface area contributed by atoms with E-state index in [1.165, 1.54) is 56.9 Å².